The second kappa shape index (κ2) is 6.53. The largest absolute Gasteiger partial charge is 0.312 e. The first kappa shape index (κ1) is 14.5. The Bertz CT molecular complexity index is 426. The van der Waals surface area contributed by atoms with Gasteiger partial charge in [-0.3, -0.25) is 0 Å². The molecule has 19 heavy (non-hydrogen) atoms. The van der Waals surface area contributed by atoms with Crippen molar-refractivity contribution in [1.82, 2.24) is 5.32 Å². The Labute approximate surface area is 119 Å². The molecule has 1 aliphatic rings. The average Bonchev–Trinajstić information content (AvgIpc) is 2.87. The van der Waals surface area contributed by atoms with Crippen molar-refractivity contribution in [3.63, 3.8) is 0 Å². The summed E-state index contributed by atoms with van der Waals surface area (Å²) in [6.07, 6.45) is 7.64. The van der Waals surface area contributed by atoms with E-state index < -0.39 is 8.07 Å². The van der Waals surface area contributed by atoms with E-state index in [0.717, 1.165) is 13.1 Å². The molecule has 0 unspecified atom stereocenters. The van der Waals surface area contributed by atoms with Gasteiger partial charge >= 0.3 is 0 Å². The maximum Gasteiger partial charge on any atom is 0.0775 e. The van der Waals surface area contributed by atoms with Gasteiger partial charge in [-0.2, -0.15) is 0 Å². The first-order valence-electron chi connectivity index (χ1n) is 7.54. The van der Waals surface area contributed by atoms with Crippen molar-refractivity contribution in [1.29, 1.82) is 0 Å². The van der Waals surface area contributed by atoms with Crippen LogP contribution in [0.25, 0.3) is 0 Å². The van der Waals surface area contributed by atoms with Gasteiger partial charge in [0.1, 0.15) is 0 Å². The molecule has 0 aliphatic heterocycles. The third-order valence-electron chi connectivity index (χ3n) is 3.91. The van der Waals surface area contributed by atoms with Gasteiger partial charge in [-0.15, -0.1) is 0 Å². The van der Waals surface area contributed by atoms with Gasteiger partial charge in [-0.1, -0.05) is 60.7 Å². The maximum atomic E-state index is 3.56. The molecule has 0 atom stereocenters. The first-order valence-corrected chi connectivity index (χ1v) is 11.0. The van der Waals surface area contributed by atoms with E-state index in [9.17, 15) is 0 Å². The molecule has 0 saturated carbocycles. The second-order valence-corrected chi connectivity index (χ2v) is 11.7. The van der Waals surface area contributed by atoms with Gasteiger partial charge in [0.25, 0.3) is 0 Å². The fourth-order valence-electron chi connectivity index (χ4n) is 2.57. The standard InChI is InChI=1S/C17H27NSi/c1-19(2,3)17-10-8-16(9-11-17)14-18-13-12-15-6-4-5-7-15/h6,8-11,18H,4-5,7,12-14H2,1-3H3. The fraction of sp³-hybridized carbons (Fsp3) is 0.529. The Morgan fingerprint density at radius 1 is 1.11 bits per heavy atom. The van der Waals surface area contributed by atoms with Gasteiger partial charge in [-0.25, -0.2) is 0 Å². The summed E-state index contributed by atoms with van der Waals surface area (Å²) in [7, 11) is -1.14. The van der Waals surface area contributed by atoms with E-state index in [-0.39, 0.29) is 0 Å². The number of hydrogen-bond acceptors (Lipinski definition) is 1. The number of benzene rings is 1. The third kappa shape index (κ3) is 4.63. The second-order valence-electron chi connectivity index (χ2n) is 6.63. The van der Waals surface area contributed by atoms with E-state index in [1.807, 2.05) is 0 Å². The van der Waals surface area contributed by atoms with Crippen LogP contribution < -0.4 is 10.5 Å². The maximum absolute atomic E-state index is 3.56. The summed E-state index contributed by atoms with van der Waals surface area (Å²) in [6.45, 7) is 9.31. The van der Waals surface area contributed by atoms with Crippen LogP contribution in [-0.2, 0) is 6.54 Å². The van der Waals surface area contributed by atoms with Crippen LogP contribution in [0.2, 0.25) is 19.6 Å². The van der Waals surface area contributed by atoms with Crippen molar-refractivity contribution in [3.8, 4) is 0 Å². The van der Waals surface area contributed by atoms with E-state index in [0.29, 0.717) is 0 Å². The van der Waals surface area contributed by atoms with Crippen molar-refractivity contribution in [3.05, 3.63) is 41.5 Å². The molecule has 0 saturated heterocycles. The van der Waals surface area contributed by atoms with E-state index in [1.165, 1.54) is 31.2 Å². The van der Waals surface area contributed by atoms with Crippen LogP contribution in [0.5, 0.6) is 0 Å². The van der Waals surface area contributed by atoms with Crippen molar-refractivity contribution in [2.24, 2.45) is 0 Å². The molecule has 0 fully saturated rings. The van der Waals surface area contributed by atoms with E-state index >= 15 is 0 Å². The van der Waals surface area contributed by atoms with E-state index in [1.54, 1.807) is 10.8 Å². The predicted molar refractivity (Wildman–Crippen MR) is 87.7 cm³/mol. The molecular formula is C17H27NSi. The monoisotopic (exact) mass is 273 g/mol. The summed E-state index contributed by atoms with van der Waals surface area (Å²) in [5.41, 5.74) is 3.06. The summed E-state index contributed by atoms with van der Waals surface area (Å²) in [5, 5.41) is 5.11. The molecule has 2 rings (SSSR count). The van der Waals surface area contributed by atoms with Crippen molar-refractivity contribution < 1.29 is 0 Å². The summed E-state index contributed by atoms with van der Waals surface area (Å²) >= 11 is 0. The molecular weight excluding hydrogens is 246 g/mol. The predicted octanol–water partition coefficient (Wildman–Crippen LogP) is 3.82. The zero-order valence-corrected chi connectivity index (χ0v) is 13.6. The zero-order valence-electron chi connectivity index (χ0n) is 12.6. The summed E-state index contributed by atoms with van der Waals surface area (Å²) in [5.74, 6) is 0. The molecule has 0 spiro atoms. The summed E-state index contributed by atoms with van der Waals surface area (Å²) in [4.78, 5) is 0. The lowest BCUT2D eigenvalue weighted by Crippen LogP contribution is -2.37. The number of nitrogens with one attached hydrogen (secondary N) is 1. The van der Waals surface area contributed by atoms with Crippen LogP contribution in [-0.4, -0.2) is 14.6 Å². The van der Waals surface area contributed by atoms with Gasteiger partial charge in [0.05, 0.1) is 8.07 Å². The van der Waals surface area contributed by atoms with Gasteiger partial charge in [-0.05, 0) is 37.8 Å². The van der Waals surface area contributed by atoms with Crippen molar-refractivity contribution in [2.75, 3.05) is 6.54 Å². The molecule has 1 aromatic rings. The Morgan fingerprint density at radius 3 is 2.42 bits per heavy atom. The SMILES string of the molecule is C[Si](C)(C)c1ccc(CNCCC2=CCCC2)cc1. The molecule has 0 amide bonds. The molecule has 0 heterocycles. The van der Waals surface area contributed by atoms with Crippen LogP contribution in [0.15, 0.2) is 35.9 Å². The quantitative estimate of drug-likeness (QED) is 0.472. The molecule has 0 radical (unpaired) electrons. The van der Waals surface area contributed by atoms with Crippen LogP contribution >= 0.6 is 0 Å². The van der Waals surface area contributed by atoms with Crippen LogP contribution in [0.3, 0.4) is 0 Å². The molecule has 0 bridgehead atoms. The van der Waals surface area contributed by atoms with Crippen LogP contribution in [0, 0.1) is 0 Å². The Morgan fingerprint density at radius 2 is 1.84 bits per heavy atom. The topological polar surface area (TPSA) is 12.0 Å². The smallest absolute Gasteiger partial charge is 0.0775 e. The lowest BCUT2D eigenvalue weighted by atomic mass is 10.1. The van der Waals surface area contributed by atoms with Crippen LogP contribution in [0.1, 0.15) is 31.2 Å². The van der Waals surface area contributed by atoms with Gasteiger partial charge < -0.3 is 5.32 Å². The molecule has 2 heteroatoms. The summed E-state index contributed by atoms with van der Waals surface area (Å²) < 4.78 is 0. The van der Waals surface area contributed by atoms with E-state index in [4.69, 9.17) is 0 Å². The Kier molecular flexibility index (Phi) is 5.00. The molecule has 1 aromatic carbocycles. The number of hydrogen-bond donors (Lipinski definition) is 1. The highest BCUT2D eigenvalue weighted by atomic mass is 28.3. The summed E-state index contributed by atoms with van der Waals surface area (Å²) in [6, 6.07) is 9.22. The van der Waals surface area contributed by atoms with Gasteiger partial charge in [0.2, 0.25) is 0 Å². The Balaban J connectivity index is 1.74. The molecule has 104 valence electrons. The normalized spacial score (nSPS) is 15.6. The minimum absolute atomic E-state index is 0.999. The average molecular weight is 273 g/mol. The lowest BCUT2D eigenvalue weighted by Gasteiger charge is -2.16. The number of allylic oxidation sites excluding steroid dienone is 1. The number of rotatable bonds is 6. The van der Waals surface area contributed by atoms with Gasteiger partial charge in [0.15, 0.2) is 0 Å². The minimum atomic E-state index is -1.14. The fourth-order valence-corrected chi connectivity index (χ4v) is 3.74. The zero-order chi connectivity index (χ0) is 13.7. The van der Waals surface area contributed by atoms with E-state index in [2.05, 4.69) is 55.3 Å². The highest BCUT2D eigenvalue weighted by Gasteiger charge is 2.15. The molecule has 1 aliphatic carbocycles. The van der Waals surface area contributed by atoms with Gasteiger partial charge in [0, 0.05) is 6.54 Å². The molecule has 1 N–H and O–H groups in total. The third-order valence-corrected chi connectivity index (χ3v) is 5.97. The minimum Gasteiger partial charge on any atom is -0.312 e. The molecule has 0 aromatic heterocycles. The van der Waals surface area contributed by atoms with Crippen molar-refractivity contribution >= 4 is 13.3 Å². The highest BCUT2D eigenvalue weighted by Crippen LogP contribution is 2.19. The highest BCUT2D eigenvalue weighted by molar-refractivity contribution is 6.88. The first-order chi connectivity index (χ1) is 9.05. The Hall–Kier alpha value is -0.863. The van der Waals surface area contributed by atoms with Crippen molar-refractivity contribution in [2.45, 2.75) is 51.9 Å². The lowest BCUT2D eigenvalue weighted by molar-refractivity contribution is 0.676. The molecule has 1 nitrogen and oxygen atoms in total. The van der Waals surface area contributed by atoms with Crippen LogP contribution in [0.4, 0.5) is 0 Å².